The number of nitrogens with one attached hydrogen (secondary N) is 2. The number of hydrazine groups is 1. The Morgan fingerprint density at radius 1 is 1.00 bits per heavy atom. The molecule has 0 saturated carbocycles. The molecule has 0 radical (unpaired) electrons. The first-order chi connectivity index (χ1) is 10.7. The third-order valence-corrected chi connectivity index (χ3v) is 4.65. The number of carbonyl (C=O) groups is 2. The molecule has 0 atom stereocenters. The number of benzene rings is 1. The maximum absolute atomic E-state index is 12.2. The van der Waals surface area contributed by atoms with Gasteiger partial charge in [0.25, 0.3) is 11.8 Å². The molecule has 2 N–H and O–H groups in total. The topological polar surface area (TPSA) is 71.1 Å². The van der Waals surface area contributed by atoms with Gasteiger partial charge in [0.05, 0.1) is 5.02 Å². The molecular weight excluding hydrogens is 322 g/mol. The molecule has 2 heterocycles. The lowest BCUT2D eigenvalue weighted by molar-refractivity contribution is 0.0849. The van der Waals surface area contributed by atoms with Crippen LogP contribution in [0.5, 0.6) is 0 Å². The number of nitrogens with zero attached hydrogens (tertiary/aromatic N) is 1. The van der Waals surface area contributed by atoms with Crippen LogP contribution in [0.25, 0.3) is 10.1 Å². The lowest BCUT2D eigenvalue weighted by atomic mass is 10.2. The predicted molar refractivity (Wildman–Crippen MR) is 86.0 cm³/mol. The van der Waals surface area contributed by atoms with E-state index in [0.717, 1.165) is 10.1 Å². The van der Waals surface area contributed by atoms with Gasteiger partial charge in [-0.25, -0.2) is 0 Å². The van der Waals surface area contributed by atoms with E-state index in [-0.39, 0.29) is 0 Å². The summed E-state index contributed by atoms with van der Waals surface area (Å²) >= 11 is 7.49. The largest absolute Gasteiger partial charge is 0.281 e. The Kier molecular flexibility index (Phi) is 4.04. The van der Waals surface area contributed by atoms with Crippen molar-refractivity contribution in [3.63, 3.8) is 0 Å². The highest BCUT2D eigenvalue weighted by Crippen LogP contribution is 2.34. The summed E-state index contributed by atoms with van der Waals surface area (Å²) in [5, 5.41) is 1.20. The highest BCUT2D eigenvalue weighted by Gasteiger charge is 2.17. The van der Waals surface area contributed by atoms with E-state index in [0.29, 0.717) is 15.5 Å². The molecule has 0 aliphatic carbocycles. The summed E-state index contributed by atoms with van der Waals surface area (Å²) in [6.07, 6.45) is 3.00. The van der Waals surface area contributed by atoms with Gasteiger partial charge in [0.2, 0.25) is 0 Å². The molecule has 0 spiro atoms. The molecule has 7 heteroatoms. The molecule has 22 heavy (non-hydrogen) atoms. The number of fused-ring (bicyclic) bond motifs is 1. The van der Waals surface area contributed by atoms with Crippen molar-refractivity contribution in [2.45, 2.75) is 0 Å². The van der Waals surface area contributed by atoms with Gasteiger partial charge in [-0.3, -0.25) is 25.4 Å². The van der Waals surface area contributed by atoms with E-state index in [2.05, 4.69) is 15.8 Å². The standard InChI is InChI=1S/C15H10ClN3O2S/c16-12-10-3-1-2-4-11(10)22-13(12)15(21)19-18-14(20)9-5-7-17-8-6-9/h1-8H,(H,18,20)(H,19,21). The number of amides is 2. The molecule has 3 aromatic rings. The Bertz CT molecular complexity index is 848. The fourth-order valence-corrected chi connectivity index (χ4v) is 3.32. The average Bonchev–Trinajstić information content (AvgIpc) is 2.90. The van der Waals surface area contributed by atoms with E-state index < -0.39 is 11.8 Å². The monoisotopic (exact) mass is 331 g/mol. The maximum Gasteiger partial charge on any atom is 0.281 e. The van der Waals surface area contributed by atoms with Crippen LogP contribution in [0.3, 0.4) is 0 Å². The van der Waals surface area contributed by atoms with E-state index >= 15 is 0 Å². The van der Waals surface area contributed by atoms with Crippen molar-refractivity contribution < 1.29 is 9.59 Å². The number of hydrogen-bond acceptors (Lipinski definition) is 4. The Labute approximate surface area is 134 Å². The van der Waals surface area contributed by atoms with Crippen LogP contribution in [0.1, 0.15) is 20.0 Å². The molecule has 2 amide bonds. The zero-order valence-corrected chi connectivity index (χ0v) is 12.7. The van der Waals surface area contributed by atoms with Crippen molar-refractivity contribution in [1.82, 2.24) is 15.8 Å². The highest BCUT2D eigenvalue weighted by molar-refractivity contribution is 7.21. The second-order valence-electron chi connectivity index (χ2n) is 4.39. The molecule has 110 valence electrons. The SMILES string of the molecule is O=C(NNC(=O)c1sc2ccccc2c1Cl)c1ccncc1. The number of halogens is 1. The molecule has 0 bridgehead atoms. The minimum Gasteiger partial charge on any atom is -0.267 e. The van der Waals surface area contributed by atoms with Gasteiger partial charge < -0.3 is 0 Å². The number of aromatic nitrogens is 1. The van der Waals surface area contributed by atoms with Gasteiger partial charge >= 0.3 is 0 Å². The second kappa shape index (κ2) is 6.13. The molecule has 0 fully saturated rings. The third-order valence-electron chi connectivity index (χ3n) is 2.97. The van der Waals surface area contributed by atoms with E-state index in [1.165, 1.54) is 23.7 Å². The van der Waals surface area contributed by atoms with Crippen molar-refractivity contribution in [2.24, 2.45) is 0 Å². The molecule has 1 aromatic carbocycles. The van der Waals surface area contributed by atoms with Crippen LogP contribution in [0.2, 0.25) is 5.02 Å². The first kappa shape index (κ1) is 14.5. The summed E-state index contributed by atoms with van der Waals surface area (Å²) in [6, 6.07) is 10.6. The van der Waals surface area contributed by atoms with Crippen molar-refractivity contribution in [2.75, 3.05) is 0 Å². The van der Waals surface area contributed by atoms with Crippen molar-refractivity contribution in [3.8, 4) is 0 Å². The lowest BCUT2D eigenvalue weighted by Gasteiger charge is -2.06. The van der Waals surface area contributed by atoms with Gasteiger partial charge in [-0.05, 0) is 18.2 Å². The van der Waals surface area contributed by atoms with Crippen LogP contribution in [-0.4, -0.2) is 16.8 Å². The number of carbonyl (C=O) groups excluding carboxylic acids is 2. The minimum atomic E-state index is -0.450. The quantitative estimate of drug-likeness (QED) is 0.709. The Morgan fingerprint density at radius 3 is 2.41 bits per heavy atom. The Morgan fingerprint density at radius 2 is 1.68 bits per heavy atom. The smallest absolute Gasteiger partial charge is 0.267 e. The molecule has 0 aliphatic heterocycles. The van der Waals surface area contributed by atoms with Gasteiger partial charge in [0.15, 0.2) is 0 Å². The molecule has 0 aliphatic rings. The fourth-order valence-electron chi connectivity index (χ4n) is 1.91. The van der Waals surface area contributed by atoms with E-state index in [1.54, 1.807) is 12.1 Å². The van der Waals surface area contributed by atoms with E-state index in [1.807, 2.05) is 24.3 Å². The van der Waals surface area contributed by atoms with Crippen molar-refractivity contribution in [3.05, 3.63) is 64.3 Å². The highest BCUT2D eigenvalue weighted by atomic mass is 35.5. The molecular formula is C15H10ClN3O2S. The van der Waals surface area contributed by atoms with Gasteiger partial charge in [0.1, 0.15) is 4.88 Å². The summed E-state index contributed by atoms with van der Waals surface area (Å²) in [5.74, 6) is -0.874. The second-order valence-corrected chi connectivity index (χ2v) is 5.82. The Balaban J connectivity index is 1.74. The summed E-state index contributed by atoms with van der Waals surface area (Å²) in [6.45, 7) is 0. The number of hydrogen-bond donors (Lipinski definition) is 2. The van der Waals surface area contributed by atoms with Gasteiger partial charge in [-0.1, -0.05) is 29.8 Å². The third kappa shape index (κ3) is 2.79. The number of pyridine rings is 1. The summed E-state index contributed by atoms with van der Waals surface area (Å²) in [7, 11) is 0. The fraction of sp³-hybridized carbons (Fsp3) is 0. The number of thiophene rings is 1. The van der Waals surface area contributed by atoms with Gasteiger partial charge in [-0.2, -0.15) is 0 Å². The van der Waals surface area contributed by atoms with Crippen LogP contribution >= 0.6 is 22.9 Å². The molecule has 3 rings (SSSR count). The van der Waals surface area contributed by atoms with Gasteiger partial charge in [-0.15, -0.1) is 11.3 Å². The lowest BCUT2D eigenvalue weighted by Crippen LogP contribution is -2.41. The first-order valence-electron chi connectivity index (χ1n) is 6.34. The van der Waals surface area contributed by atoms with Crippen molar-refractivity contribution in [1.29, 1.82) is 0 Å². The van der Waals surface area contributed by atoms with E-state index in [4.69, 9.17) is 11.6 Å². The van der Waals surface area contributed by atoms with Crippen LogP contribution in [0, 0.1) is 0 Å². The molecule has 0 saturated heterocycles. The minimum absolute atomic E-state index is 0.359. The molecule has 2 aromatic heterocycles. The zero-order chi connectivity index (χ0) is 15.5. The van der Waals surface area contributed by atoms with Gasteiger partial charge in [0, 0.05) is 28.0 Å². The van der Waals surface area contributed by atoms with Crippen LogP contribution in [-0.2, 0) is 0 Å². The van der Waals surface area contributed by atoms with E-state index in [9.17, 15) is 9.59 Å². The Hall–Kier alpha value is -2.44. The summed E-state index contributed by atoms with van der Waals surface area (Å²) in [5.41, 5.74) is 5.12. The zero-order valence-electron chi connectivity index (χ0n) is 11.2. The van der Waals surface area contributed by atoms with Crippen LogP contribution in [0.15, 0.2) is 48.8 Å². The normalized spacial score (nSPS) is 10.4. The molecule has 0 unspecified atom stereocenters. The van der Waals surface area contributed by atoms with Crippen LogP contribution in [0.4, 0.5) is 0 Å². The first-order valence-corrected chi connectivity index (χ1v) is 7.54. The van der Waals surface area contributed by atoms with Crippen LogP contribution < -0.4 is 10.9 Å². The average molecular weight is 332 g/mol. The maximum atomic E-state index is 12.2. The summed E-state index contributed by atoms with van der Waals surface area (Å²) in [4.78, 5) is 28.2. The van der Waals surface area contributed by atoms with Crippen molar-refractivity contribution >= 4 is 44.8 Å². The summed E-state index contributed by atoms with van der Waals surface area (Å²) < 4.78 is 0.915. The molecule has 5 nitrogen and oxygen atoms in total. The predicted octanol–water partition coefficient (Wildman–Crippen LogP) is 3.02. The number of rotatable bonds is 2.